The number of hydrogen-bond acceptors (Lipinski definition) is 5. The van der Waals surface area contributed by atoms with Crippen molar-refractivity contribution in [1.82, 2.24) is 5.32 Å². The van der Waals surface area contributed by atoms with Gasteiger partial charge < -0.3 is 14.8 Å². The van der Waals surface area contributed by atoms with Gasteiger partial charge in [-0.15, -0.1) is 0 Å². The molecule has 0 spiro atoms. The Morgan fingerprint density at radius 1 is 1.07 bits per heavy atom. The molecule has 0 bridgehead atoms. The number of ether oxygens (including phenoxy) is 2. The van der Waals surface area contributed by atoms with Gasteiger partial charge in [0, 0.05) is 12.0 Å². The molecule has 140 valence electrons. The maximum Gasteiger partial charge on any atom is 0.263 e. The molecule has 0 radical (unpaired) electrons. The third kappa shape index (κ3) is 5.34. The molecule has 1 N–H and O–H groups in total. The molecule has 1 saturated heterocycles. The predicted octanol–water partition coefficient (Wildman–Crippen LogP) is 4.64. The van der Waals surface area contributed by atoms with Crippen LogP contribution >= 0.6 is 24.0 Å². The number of carbonyl (C=O) groups is 1. The smallest absolute Gasteiger partial charge is 0.263 e. The summed E-state index contributed by atoms with van der Waals surface area (Å²) in [6.45, 7) is 5.27. The van der Waals surface area contributed by atoms with Crippen LogP contribution < -0.4 is 14.8 Å². The Balaban J connectivity index is 1.53. The summed E-state index contributed by atoms with van der Waals surface area (Å²) in [5, 5.41) is 2.62. The third-order valence-electron chi connectivity index (χ3n) is 4.14. The van der Waals surface area contributed by atoms with E-state index in [1.165, 1.54) is 22.9 Å². The van der Waals surface area contributed by atoms with Crippen molar-refractivity contribution >= 4 is 40.3 Å². The lowest BCUT2D eigenvalue weighted by atomic mass is 10.1. The molecule has 27 heavy (non-hydrogen) atoms. The van der Waals surface area contributed by atoms with E-state index in [1.54, 1.807) is 6.08 Å². The lowest BCUT2D eigenvalue weighted by Gasteiger charge is -2.11. The lowest BCUT2D eigenvalue weighted by Crippen LogP contribution is -2.17. The Kier molecular flexibility index (Phi) is 6.53. The fourth-order valence-electron chi connectivity index (χ4n) is 2.53. The van der Waals surface area contributed by atoms with Crippen molar-refractivity contribution in [1.29, 1.82) is 0 Å². The molecule has 1 aliphatic heterocycles. The van der Waals surface area contributed by atoms with Crippen LogP contribution in [0.2, 0.25) is 0 Å². The molecular weight excluding hydrogens is 378 g/mol. The van der Waals surface area contributed by atoms with E-state index in [4.69, 9.17) is 21.7 Å². The largest absolute Gasteiger partial charge is 0.493 e. The monoisotopic (exact) mass is 399 g/mol. The van der Waals surface area contributed by atoms with Gasteiger partial charge in [0.05, 0.1) is 18.1 Å². The standard InChI is InChI=1S/C21H21NO3S2/c1-14-8-9-17(12-15(14)2)24-10-5-11-25-18-7-4-3-6-16(18)13-19-20(23)22-21(26)27-19/h3-4,6-9,12-13H,5,10-11H2,1-2H3,(H,22,23,26). The van der Waals surface area contributed by atoms with E-state index in [-0.39, 0.29) is 5.91 Å². The zero-order valence-electron chi connectivity index (χ0n) is 15.3. The van der Waals surface area contributed by atoms with Crippen molar-refractivity contribution in [3.63, 3.8) is 0 Å². The van der Waals surface area contributed by atoms with Gasteiger partial charge >= 0.3 is 0 Å². The number of thioether (sulfide) groups is 1. The number of carbonyl (C=O) groups excluding carboxylic acids is 1. The molecule has 0 atom stereocenters. The summed E-state index contributed by atoms with van der Waals surface area (Å²) in [4.78, 5) is 12.4. The molecule has 1 fully saturated rings. The molecule has 6 heteroatoms. The van der Waals surface area contributed by atoms with Gasteiger partial charge in [-0.1, -0.05) is 48.2 Å². The van der Waals surface area contributed by atoms with Gasteiger partial charge in [-0.2, -0.15) is 0 Å². The number of hydrogen-bond donors (Lipinski definition) is 1. The van der Waals surface area contributed by atoms with Gasteiger partial charge in [-0.05, 0) is 49.2 Å². The number of nitrogens with one attached hydrogen (secondary N) is 1. The van der Waals surface area contributed by atoms with Gasteiger partial charge in [-0.25, -0.2) is 0 Å². The summed E-state index contributed by atoms with van der Waals surface area (Å²) in [5.41, 5.74) is 3.33. The highest BCUT2D eigenvalue weighted by atomic mass is 32.2. The Morgan fingerprint density at radius 2 is 1.85 bits per heavy atom. The molecule has 0 aliphatic carbocycles. The van der Waals surface area contributed by atoms with Gasteiger partial charge in [0.2, 0.25) is 0 Å². The summed E-state index contributed by atoms with van der Waals surface area (Å²) in [5.74, 6) is 1.45. The fraction of sp³-hybridized carbons (Fsp3) is 0.238. The van der Waals surface area contributed by atoms with Gasteiger partial charge in [0.15, 0.2) is 0 Å². The molecular formula is C21H21NO3S2. The van der Waals surface area contributed by atoms with E-state index in [0.717, 1.165) is 23.5 Å². The minimum absolute atomic E-state index is 0.165. The first kappa shape index (κ1) is 19.5. The number of thiocarbonyl (C=S) groups is 1. The molecule has 1 amide bonds. The molecule has 0 aromatic heterocycles. The zero-order chi connectivity index (χ0) is 19.2. The van der Waals surface area contributed by atoms with Crippen LogP contribution in [0.4, 0.5) is 0 Å². The van der Waals surface area contributed by atoms with E-state index in [9.17, 15) is 4.79 Å². The molecule has 1 heterocycles. The summed E-state index contributed by atoms with van der Waals surface area (Å²) < 4.78 is 12.2. The number of benzene rings is 2. The van der Waals surface area contributed by atoms with Crippen LogP contribution in [-0.2, 0) is 4.79 Å². The Morgan fingerprint density at radius 3 is 2.59 bits per heavy atom. The highest BCUT2D eigenvalue weighted by molar-refractivity contribution is 8.26. The molecule has 2 aromatic rings. The minimum Gasteiger partial charge on any atom is -0.493 e. The van der Waals surface area contributed by atoms with Crippen molar-refractivity contribution in [3.8, 4) is 11.5 Å². The van der Waals surface area contributed by atoms with E-state index in [0.29, 0.717) is 22.4 Å². The van der Waals surface area contributed by atoms with Crippen molar-refractivity contribution in [2.75, 3.05) is 13.2 Å². The quantitative estimate of drug-likeness (QED) is 0.418. The Labute approximate surface area is 168 Å². The first-order valence-electron chi connectivity index (χ1n) is 8.69. The van der Waals surface area contributed by atoms with Crippen LogP contribution in [-0.4, -0.2) is 23.4 Å². The van der Waals surface area contributed by atoms with Gasteiger partial charge in [0.1, 0.15) is 15.8 Å². The summed E-state index contributed by atoms with van der Waals surface area (Å²) in [6, 6.07) is 13.7. The second-order valence-corrected chi connectivity index (χ2v) is 7.91. The number of amides is 1. The first-order chi connectivity index (χ1) is 13.0. The van der Waals surface area contributed by atoms with Crippen LogP contribution in [0.5, 0.6) is 11.5 Å². The van der Waals surface area contributed by atoms with E-state index in [1.807, 2.05) is 36.4 Å². The van der Waals surface area contributed by atoms with Crippen LogP contribution in [0.3, 0.4) is 0 Å². The fourth-order valence-corrected chi connectivity index (χ4v) is 3.56. The van der Waals surface area contributed by atoms with Crippen molar-refractivity contribution < 1.29 is 14.3 Å². The lowest BCUT2D eigenvalue weighted by molar-refractivity contribution is -0.115. The van der Waals surface area contributed by atoms with Crippen LogP contribution in [0, 0.1) is 13.8 Å². The molecule has 3 rings (SSSR count). The van der Waals surface area contributed by atoms with E-state index >= 15 is 0 Å². The van der Waals surface area contributed by atoms with E-state index < -0.39 is 0 Å². The van der Waals surface area contributed by atoms with Crippen LogP contribution in [0.1, 0.15) is 23.1 Å². The second kappa shape index (κ2) is 9.06. The predicted molar refractivity (Wildman–Crippen MR) is 114 cm³/mol. The topological polar surface area (TPSA) is 47.6 Å². The van der Waals surface area contributed by atoms with Crippen LogP contribution in [0.25, 0.3) is 6.08 Å². The average Bonchev–Trinajstić information content (AvgIpc) is 2.96. The molecule has 0 saturated carbocycles. The normalized spacial score (nSPS) is 15.1. The third-order valence-corrected chi connectivity index (χ3v) is 5.30. The van der Waals surface area contributed by atoms with E-state index in [2.05, 4.69) is 25.2 Å². The summed E-state index contributed by atoms with van der Waals surface area (Å²) in [6.07, 6.45) is 2.57. The van der Waals surface area contributed by atoms with Crippen molar-refractivity contribution in [3.05, 3.63) is 64.1 Å². The van der Waals surface area contributed by atoms with Crippen molar-refractivity contribution in [2.24, 2.45) is 0 Å². The SMILES string of the molecule is Cc1ccc(OCCCOc2ccccc2C=C2SC(=S)NC2=O)cc1C. The van der Waals surface area contributed by atoms with Gasteiger partial charge in [0.25, 0.3) is 5.91 Å². The average molecular weight is 400 g/mol. The Hall–Kier alpha value is -2.31. The summed E-state index contributed by atoms with van der Waals surface area (Å²) >= 11 is 6.29. The maximum atomic E-state index is 11.8. The van der Waals surface area contributed by atoms with Crippen molar-refractivity contribution in [2.45, 2.75) is 20.3 Å². The molecule has 0 unspecified atom stereocenters. The number of aryl methyl sites for hydroxylation is 2. The number of para-hydroxylation sites is 1. The molecule has 4 nitrogen and oxygen atoms in total. The first-order valence-corrected chi connectivity index (χ1v) is 9.92. The minimum atomic E-state index is -0.165. The summed E-state index contributed by atoms with van der Waals surface area (Å²) in [7, 11) is 0. The highest BCUT2D eigenvalue weighted by Crippen LogP contribution is 2.29. The number of rotatable bonds is 7. The molecule has 1 aliphatic rings. The highest BCUT2D eigenvalue weighted by Gasteiger charge is 2.22. The van der Waals surface area contributed by atoms with Gasteiger partial charge in [-0.3, -0.25) is 4.79 Å². The second-order valence-electron chi connectivity index (χ2n) is 6.19. The molecule has 2 aromatic carbocycles. The Bertz CT molecular complexity index is 893. The van der Waals surface area contributed by atoms with Crippen LogP contribution in [0.15, 0.2) is 47.4 Å². The maximum absolute atomic E-state index is 11.8. The zero-order valence-corrected chi connectivity index (χ0v) is 16.9.